The van der Waals surface area contributed by atoms with Crippen molar-refractivity contribution in [2.45, 2.75) is 13.0 Å². The van der Waals surface area contributed by atoms with Gasteiger partial charge in [0.2, 0.25) is 0 Å². The van der Waals surface area contributed by atoms with Crippen LogP contribution < -0.4 is 15.4 Å². The highest BCUT2D eigenvalue weighted by molar-refractivity contribution is 5.57. The molecule has 0 unspecified atom stereocenters. The highest BCUT2D eigenvalue weighted by Gasteiger charge is 2.17. The van der Waals surface area contributed by atoms with Crippen molar-refractivity contribution in [2.24, 2.45) is 5.73 Å². The monoisotopic (exact) mass is 268 g/mol. The van der Waals surface area contributed by atoms with E-state index in [1.54, 1.807) is 0 Å². The van der Waals surface area contributed by atoms with Gasteiger partial charge in [0.05, 0.1) is 6.54 Å². The number of anilines is 1. The van der Waals surface area contributed by atoms with E-state index in [0.717, 1.165) is 30.8 Å². The highest BCUT2D eigenvalue weighted by atomic mass is 16.5. The predicted molar refractivity (Wildman–Crippen MR) is 82.2 cm³/mol. The highest BCUT2D eigenvalue weighted by Crippen LogP contribution is 2.27. The van der Waals surface area contributed by atoms with Gasteiger partial charge in [0.25, 0.3) is 0 Å². The Labute approximate surface area is 120 Å². The maximum absolute atomic E-state index is 5.88. The minimum absolute atomic E-state index is 0.517. The third-order valence-electron chi connectivity index (χ3n) is 3.79. The average Bonchev–Trinajstić information content (AvgIpc) is 2.91. The molecule has 20 heavy (non-hydrogen) atoms. The SMILES string of the molecule is NCc1ccccc1OCCN1CCc2ccccc21. The van der Waals surface area contributed by atoms with Gasteiger partial charge in [-0.05, 0) is 24.1 Å². The van der Waals surface area contributed by atoms with Crippen molar-refractivity contribution in [3.63, 3.8) is 0 Å². The van der Waals surface area contributed by atoms with E-state index in [-0.39, 0.29) is 0 Å². The van der Waals surface area contributed by atoms with Gasteiger partial charge in [-0.25, -0.2) is 0 Å². The summed E-state index contributed by atoms with van der Waals surface area (Å²) in [5, 5.41) is 0. The third-order valence-corrected chi connectivity index (χ3v) is 3.79. The molecule has 1 heterocycles. The molecule has 1 aliphatic rings. The Hall–Kier alpha value is -2.00. The standard InChI is InChI=1S/C17H20N2O/c18-13-15-6-2-4-8-17(15)20-12-11-19-10-9-14-5-1-3-7-16(14)19/h1-8H,9-13,18H2. The number of benzene rings is 2. The largest absolute Gasteiger partial charge is 0.491 e. The number of nitrogens with two attached hydrogens (primary N) is 1. The molecule has 0 aromatic heterocycles. The summed E-state index contributed by atoms with van der Waals surface area (Å²) in [6.07, 6.45) is 1.13. The van der Waals surface area contributed by atoms with Gasteiger partial charge in [0.15, 0.2) is 0 Å². The summed E-state index contributed by atoms with van der Waals surface area (Å²) in [6, 6.07) is 16.6. The van der Waals surface area contributed by atoms with Gasteiger partial charge in [-0.15, -0.1) is 0 Å². The van der Waals surface area contributed by atoms with Gasteiger partial charge < -0.3 is 15.4 Å². The summed E-state index contributed by atoms with van der Waals surface area (Å²) in [4.78, 5) is 2.39. The second kappa shape index (κ2) is 5.97. The van der Waals surface area contributed by atoms with Crippen molar-refractivity contribution < 1.29 is 4.74 Å². The van der Waals surface area contributed by atoms with Gasteiger partial charge in [-0.1, -0.05) is 36.4 Å². The molecule has 0 fully saturated rings. The summed E-state index contributed by atoms with van der Waals surface area (Å²) < 4.78 is 5.88. The lowest BCUT2D eigenvalue weighted by molar-refractivity contribution is 0.321. The van der Waals surface area contributed by atoms with E-state index in [1.807, 2.05) is 24.3 Å². The van der Waals surface area contributed by atoms with E-state index in [4.69, 9.17) is 10.5 Å². The van der Waals surface area contributed by atoms with Crippen LogP contribution in [-0.2, 0) is 13.0 Å². The van der Waals surface area contributed by atoms with Crippen LogP contribution in [0.4, 0.5) is 5.69 Å². The van der Waals surface area contributed by atoms with E-state index >= 15 is 0 Å². The van der Waals surface area contributed by atoms with Crippen molar-refractivity contribution >= 4 is 5.69 Å². The summed E-state index contributed by atoms with van der Waals surface area (Å²) in [5.74, 6) is 0.905. The number of para-hydroxylation sites is 2. The summed E-state index contributed by atoms with van der Waals surface area (Å²) >= 11 is 0. The minimum Gasteiger partial charge on any atom is -0.491 e. The molecule has 104 valence electrons. The molecule has 3 heteroatoms. The molecule has 0 bridgehead atoms. The number of hydrogen-bond donors (Lipinski definition) is 1. The van der Waals surface area contributed by atoms with Gasteiger partial charge in [-0.2, -0.15) is 0 Å². The molecule has 2 N–H and O–H groups in total. The second-order valence-corrected chi connectivity index (χ2v) is 5.03. The van der Waals surface area contributed by atoms with Crippen molar-refractivity contribution in [1.29, 1.82) is 0 Å². The Morgan fingerprint density at radius 3 is 2.75 bits per heavy atom. The molecule has 0 saturated carbocycles. The van der Waals surface area contributed by atoms with Crippen LogP contribution in [0.5, 0.6) is 5.75 Å². The molecule has 0 radical (unpaired) electrons. The zero-order valence-corrected chi connectivity index (χ0v) is 11.6. The fourth-order valence-electron chi connectivity index (χ4n) is 2.72. The number of hydrogen-bond acceptors (Lipinski definition) is 3. The topological polar surface area (TPSA) is 38.5 Å². The van der Waals surface area contributed by atoms with Crippen LogP contribution in [-0.4, -0.2) is 19.7 Å². The first-order valence-electron chi connectivity index (χ1n) is 7.12. The molecule has 0 saturated heterocycles. The van der Waals surface area contributed by atoms with Crippen LogP contribution >= 0.6 is 0 Å². The Balaban J connectivity index is 1.59. The molecule has 0 spiro atoms. The lowest BCUT2D eigenvalue weighted by Gasteiger charge is -2.20. The number of rotatable bonds is 5. The Bertz CT molecular complexity index is 583. The van der Waals surface area contributed by atoms with E-state index in [0.29, 0.717) is 13.2 Å². The molecular formula is C17H20N2O. The van der Waals surface area contributed by atoms with Crippen molar-refractivity contribution in [3.8, 4) is 5.75 Å². The molecule has 0 aliphatic carbocycles. The van der Waals surface area contributed by atoms with Crippen LogP contribution in [0.25, 0.3) is 0 Å². The Morgan fingerprint density at radius 2 is 1.85 bits per heavy atom. The summed E-state index contributed by atoms with van der Waals surface area (Å²) in [7, 11) is 0. The van der Waals surface area contributed by atoms with Crippen LogP contribution in [0.2, 0.25) is 0 Å². The molecule has 1 aliphatic heterocycles. The van der Waals surface area contributed by atoms with Gasteiger partial charge in [0.1, 0.15) is 12.4 Å². The van der Waals surface area contributed by atoms with Crippen LogP contribution in [0.1, 0.15) is 11.1 Å². The molecule has 0 amide bonds. The van der Waals surface area contributed by atoms with Gasteiger partial charge in [0, 0.05) is 24.3 Å². The van der Waals surface area contributed by atoms with Crippen molar-refractivity contribution in [2.75, 3.05) is 24.6 Å². The molecule has 3 nitrogen and oxygen atoms in total. The smallest absolute Gasteiger partial charge is 0.123 e. The molecular weight excluding hydrogens is 248 g/mol. The molecule has 0 atom stereocenters. The zero-order chi connectivity index (χ0) is 13.8. The first-order valence-corrected chi connectivity index (χ1v) is 7.12. The van der Waals surface area contributed by atoms with Crippen LogP contribution in [0, 0.1) is 0 Å². The number of ether oxygens (including phenoxy) is 1. The van der Waals surface area contributed by atoms with Crippen LogP contribution in [0.3, 0.4) is 0 Å². The summed E-state index contributed by atoms with van der Waals surface area (Å²) in [5.41, 5.74) is 9.57. The van der Waals surface area contributed by atoms with Crippen molar-refractivity contribution in [3.05, 3.63) is 59.7 Å². The quantitative estimate of drug-likeness (QED) is 0.906. The van der Waals surface area contributed by atoms with E-state index < -0.39 is 0 Å². The van der Waals surface area contributed by atoms with E-state index in [9.17, 15) is 0 Å². The first-order chi connectivity index (χ1) is 9.88. The Kier molecular flexibility index (Phi) is 3.88. The maximum Gasteiger partial charge on any atom is 0.123 e. The second-order valence-electron chi connectivity index (χ2n) is 5.03. The fourth-order valence-corrected chi connectivity index (χ4v) is 2.72. The zero-order valence-electron chi connectivity index (χ0n) is 11.6. The van der Waals surface area contributed by atoms with E-state index in [1.165, 1.54) is 11.3 Å². The molecule has 2 aromatic rings. The lowest BCUT2D eigenvalue weighted by Crippen LogP contribution is -2.26. The lowest BCUT2D eigenvalue weighted by atomic mass is 10.2. The molecule has 3 rings (SSSR count). The van der Waals surface area contributed by atoms with Crippen LogP contribution in [0.15, 0.2) is 48.5 Å². The maximum atomic E-state index is 5.88. The first kappa shape index (κ1) is 13.0. The molecule has 2 aromatic carbocycles. The number of fused-ring (bicyclic) bond motifs is 1. The number of nitrogens with zero attached hydrogens (tertiary/aromatic N) is 1. The van der Waals surface area contributed by atoms with E-state index in [2.05, 4.69) is 29.2 Å². The Morgan fingerprint density at radius 1 is 1.05 bits per heavy atom. The van der Waals surface area contributed by atoms with Crippen molar-refractivity contribution in [1.82, 2.24) is 0 Å². The predicted octanol–water partition coefficient (Wildman–Crippen LogP) is 2.59. The minimum atomic E-state index is 0.517. The normalized spacial score (nSPS) is 13.3. The van der Waals surface area contributed by atoms with Gasteiger partial charge >= 0.3 is 0 Å². The fraction of sp³-hybridized carbons (Fsp3) is 0.294. The third kappa shape index (κ3) is 2.63. The summed E-state index contributed by atoms with van der Waals surface area (Å²) in [6.45, 7) is 3.20. The van der Waals surface area contributed by atoms with Gasteiger partial charge in [-0.3, -0.25) is 0 Å². The average molecular weight is 268 g/mol.